The van der Waals surface area contributed by atoms with Gasteiger partial charge in [-0.2, -0.15) is 9.61 Å². The number of nitrogens with one attached hydrogen (secondary N) is 4. The molecule has 5 N–H and O–H groups in total. The van der Waals surface area contributed by atoms with Crippen LogP contribution in [0.4, 0.5) is 11.5 Å². The quantitative estimate of drug-likeness (QED) is 0.317. The van der Waals surface area contributed by atoms with E-state index in [1.54, 1.807) is 28.9 Å². The normalized spacial score (nSPS) is 17.6. The summed E-state index contributed by atoms with van der Waals surface area (Å²) in [5, 5.41) is 22.1. The summed E-state index contributed by atoms with van der Waals surface area (Å²) in [7, 11) is 0. The van der Waals surface area contributed by atoms with Crippen molar-refractivity contribution in [2.24, 2.45) is 4.99 Å². The third-order valence-electron chi connectivity index (χ3n) is 4.96. The van der Waals surface area contributed by atoms with Gasteiger partial charge in [-0.3, -0.25) is 9.98 Å². The number of imidazole rings is 1. The summed E-state index contributed by atoms with van der Waals surface area (Å²) in [5.74, 6) is 0.320. The first-order chi connectivity index (χ1) is 15.0. The molecule has 1 saturated heterocycles. The van der Waals surface area contributed by atoms with E-state index in [0.717, 1.165) is 25.2 Å². The molecule has 0 saturated carbocycles. The number of anilines is 2. The van der Waals surface area contributed by atoms with Crippen LogP contribution in [0.1, 0.15) is 12.1 Å². The zero-order valence-electron chi connectivity index (χ0n) is 16.3. The number of benzene rings is 1. The third kappa shape index (κ3) is 4.03. The van der Waals surface area contributed by atoms with Crippen LogP contribution in [-0.4, -0.2) is 48.8 Å². The maximum absolute atomic E-state index is 11.5. The number of hydrogen-bond acceptors (Lipinski definition) is 7. The molecule has 0 aliphatic carbocycles. The van der Waals surface area contributed by atoms with E-state index < -0.39 is 5.69 Å². The molecule has 11 heteroatoms. The summed E-state index contributed by atoms with van der Waals surface area (Å²) in [4.78, 5) is 25.8. The zero-order chi connectivity index (χ0) is 21.4. The van der Waals surface area contributed by atoms with Crippen LogP contribution in [0.25, 0.3) is 11.7 Å². The van der Waals surface area contributed by atoms with Gasteiger partial charge in [-0.1, -0.05) is 17.7 Å². The fourth-order valence-electron chi connectivity index (χ4n) is 3.52. The highest BCUT2D eigenvalue weighted by Crippen LogP contribution is 2.18. The third-order valence-corrected chi connectivity index (χ3v) is 5.20. The van der Waals surface area contributed by atoms with E-state index in [1.807, 2.05) is 18.2 Å². The molecule has 1 fully saturated rings. The second-order valence-corrected chi connectivity index (χ2v) is 7.67. The second-order valence-electron chi connectivity index (χ2n) is 7.23. The standard InChI is InChI=1S/C20H19ClN8O2/c21-12-2-1-3-13(7-12)24-16-8-17(25-14-4-5-22-10-14)29-18(27-16)11(9-23-29)6-15-19(30)28-20(31)26-15/h1-3,6-9,14,22,24,30H,4-5,10H2,(H2,26,28,31)/b11-6+,25-17?. The van der Waals surface area contributed by atoms with Gasteiger partial charge >= 0.3 is 5.69 Å². The summed E-state index contributed by atoms with van der Waals surface area (Å²) >= 11 is 6.11. The fraction of sp³-hybridized carbons (Fsp3) is 0.200. The Bertz CT molecular complexity index is 1430. The van der Waals surface area contributed by atoms with Crippen LogP contribution in [0.3, 0.4) is 0 Å². The Morgan fingerprint density at radius 2 is 2.23 bits per heavy atom. The topological polar surface area (TPSA) is 135 Å². The Kier molecular flexibility index (Phi) is 4.92. The molecule has 4 aromatic rings. The Morgan fingerprint density at radius 3 is 2.97 bits per heavy atom. The predicted octanol–water partition coefficient (Wildman–Crippen LogP) is 0.659. The lowest BCUT2D eigenvalue weighted by molar-refractivity contribution is 0.454. The molecule has 0 radical (unpaired) electrons. The lowest BCUT2D eigenvalue weighted by Crippen LogP contribution is -2.23. The lowest BCUT2D eigenvalue weighted by atomic mass is 10.3. The van der Waals surface area contributed by atoms with Crippen molar-refractivity contribution in [1.29, 1.82) is 0 Å². The van der Waals surface area contributed by atoms with E-state index in [2.05, 4.69) is 30.7 Å². The molecule has 4 heterocycles. The highest BCUT2D eigenvalue weighted by atomic mass is 35.5. The van der Waals surface area contributed by atoms with Crippen LogP contribution in [-0.2, 0) is 0 Å². The first-order valence-corrected chi connectivity index (χ1v) is 10.1. The van der Waals surface area contributed by atoms with E-state index >= 15 is 0 Å². The Balaban J connectivity index is 1.68. The zero-order valence-corrected chi connectivity index (χ0v) is 17.0. The molecule has 0 spiro atoms. The van der Waals surface area contributed by atoms with E-state index in [-0.39, 0.29) is 17.6 Å². The van der Waals surface area contributed by atoms with Gasteiger partial charge in [0.15, 0.2) is 11.1 Å². The number of aromatic amines is 2. The average Bonchev–Trinajstić information content (AvgIpc) is 3.44. The average molecular weight is 439 g/mol. The van der Waals surface area contributed by atoms with Gasteiger partial charge in [0.2, 0.25) is 5.88 Å². The fourth-order valence-corrected chi connectivity index (χ4v) is 3.71. The summed E-state index contributed by atoms with van der Waals surface area (Å²) in [6.07, 6.45) is 4.16. The number of fused-ring (bicyclic) bond motifs is 1. The van der Waals surface area contributed by atoms with Crippen molar-refractivity contribution in [2.75, 3.05) is 18.4 Å². The number of aromatic nitrogens is 5. The molecule has 1 aromatic carbocycles. The summed E-state index contributed by atoms with van der Waals surface area (Å²) in [6, 6.07) is 9.32. The van der Waals surface area contributed by atoms with E-state index in [0.29, 0.717) is 27.2 Å². The molecular weight excluding hydrogens is 420 g/mol. The number of aromatic hydroxyl groups is 1. The van der Waals surface area contributed by atoms with Gasteiger partial charge in [-0.25, -0.2) is 9.78 Å². The molecule has 1 unspecified atom stereocenters. The minimum absolute atomic E-state index is 0.145. The molecule has 31 heavy (non-hydrogen) atoms. The maximum Gasteiger partial charge on any atom is 0.326 e. The van der Waals surface area contributed by atoms with Gasteiger partial charge in [-0.15, -0.1) is 0 Å². The molecule has 10 nitrogen and oxygen atoms in total. The van der Waals surface area contributed by atoms with Gasteiger partial charge in [0.05, 0.1) is 12.2 Å². The molecule has 5 rings (SSSR count). The van der Waals surface area contributed by atoms with Crippen molar-refractivity contribution >= 4 is 34.8 Å². The van der Waals surface area contributed by atoms with Crippen molar-refractivity contribution in [3.63, 3.8) is 0 Å². The van der Waals surface area contributed by atoms with E-state index in [9.17, 15) is 9.90 Å². The van der Waals surface area contributed by atoms with Crippen LogP contribution < -0.4 is 27.0 Å². The Hall–Kier alpha value is -3.63. The first kappa shape index (κ1) is 19.3. The Labute approximate surface area is 180 Å². The molecule has 1 aliphatic heterocycles. The maximum atomic E-state index is 11.5. The summed E-state index contributed by atoms with van der Waals surface area (Å²) in [6.45, 7) is 1.73. The van der Waals surface area contributed by atoms with Crippen molar-refractivity contribution in [2.45, 2.75) is 12.5 Å². The molecule has 3 aromatic heterocycles. The highest BCUT2D eigenvalue weighted by molar-refractivity contribution is 6.30. The highest BCUT2D eigenvalue weighted by Gasteiger charge is 2.14. The van der Waals surface area contributed by atoms with Crippen molar-refractivity contribution < 1.29 is 5.11 Å². The van der Waals surface area contributed by atoms with Gasteiger partial charge in [0.25, 0.3) is 0 Å². The van der Waals surface area contributed by atoms with Crippen LogP contribution in [0, 0.1) is 0 Å². The second kappa shape index (κ2) is 7.89. The minimum Gasteiger partial charge on any atom is -0.493 e. The van der Waals surface area contributed by atoms with Crippen molar-refractivity contribution in [3.8, 4) is 5.88 Å². The summed E-state index contributed by atoms with van der Waals surface area (Å²) < 4.78 is 1.65. The van der Waals surface area contributed by atoms with E-state index in [1.165, 1.54) is 0 Å². The number of H-pyrrole nitrogens is 2. The Morgan fingerprint density at radius 1 is 1.32 bits per heavy atom. The molecule has 0 amide bonds. The smallest absolute Gasteiger partial charge is 0.326 e. The van der Waals surface area contributed by atoms with Gasteiger partial charge in [-0.05, 0) is 37.2 Å². The van der Waals surface area contributed by atoms with Crippen LogP contribution in [0.5, 0.6) is 5.88 Å². The molecule has 158 valence electrons. The van der Waals surface area contributed by atoms with Crippen molar-refractivity contribution in [1.82, 2.24) is 29.9 Å². The van der Waals surface area contributed by atoms with Crippen LogP contribution >= 0.6 is 11.6 Å². The SMILES string of the molecule is O=c1[nH]c(O)c(/C=c2\cnn3c(=NC4CCNC4)cc(Nc4cccc(Cl)c4)nc23)[nH]1. The van der Waals surface area contributed by atoms with Gasteiger partial charge < -0.3 is 20.7 Å². The van der Waals surface area contributed by atoms with Crippen LogP contribution in [0.2, 0.25) is 5.02 Å². The number of halogens is 1. The number of rotatable bonds is 4. The molecular formula is C20H19ClN8O2. The number of hydrogen-bond donors (Lipinski definition) is 5. The number of nitrogens with zero attached hydrogens (tertiary/aromatic N) is 4. The summed E-state index contributed by atoms with van der Waals surface area (Å²) in [5.41, 5.74) is 1.71. The largest absolute Gasteiger partial charge is 0.493 e. The molecule has 1 aliphatic rings. The first-order valence-electron chi connectivity index (χ1n) is 9.74. The molecule has 1 atom stereocenters. The van der Waals surface area contributed by atoms with E-state index in [4.69, 9.17) is 16.6 Å². The predicted molar refractivity (Wildman–Crippen MR) is 116 cm³/mol. The van der Waals surface area contributed by atoms with Gasteiger partial charge in [0.1, 0.15) is 11.5 Å². The lowest BCUT2D eigenvalue weighted by Gasteiger charge is -2.08. The van der Waals surface area contributed by atoms with Gasteiger partial charge in [0, 0.05) is 28.5 Å². The molecule has 0 bridgehead atoms. The minimum atomic E-state index is -0.499. The van der Waals surface area contributed by atoms with Crippen LogP contribution in [0.15, 0.2) is 46.3 Å². The van der Waals surface area contributed by atoms with Crippen molar-refractivity contribution in [3.05, 3.63) is 68.4 Å². The monoisotopic (exact) mass is 438 g/mol.